The van der Waals surface area contributed by atoms with E-state index < -0.39 is 38.6 Å². The van der Waals surface area contributed by atoms with Crippen molar-refractivity contribution in [2.24, 2.45) is 12.4 Å². The van der Waals surface area contributed by atoms with Crippen LogP contribution in [0, 0.1) is 5.41 Å². The molecule has 3 saturated heterocycles. The van der Waals surface area contributed by atoms with Gasteiger partial charge in [-0.3, -0.25) is 43.6 Å². The molecule has 4 N–H and O–H groups in total. The molecule has 400 valence electrons. The summed E-state index contributed by atoms with van der Waals surface area (Å²) in [7, 11) is -4.97. The Morgan fingerprint density at radius 3 is 2.43 bits per heavy atom. The Morgan fingerprint density at radius 1 is 0.895 bits per heavy atom. The van der Waals surface area contributed by atoms with Crippen molar-refractivity contribution < 1.29 is 46.9 Å². The van der Waals surface area contributed by atoms with Gasteiger partial charge < -0.3 is 43.7 Å². The molecule has 9 heterocycles. The summed E-state index contributed by atoms with van der Waals surface area (Å²) in [5, 5.41) is 5.43. The van der Waals surface area contributed by atoms with E-state index in [1.54, 1.807) is 23.2 Å². The number of benzene rings is 1. The average molecular weight is 1060 g/mol. The van der Waals surface area contributed by atoms with Gasteiger partial charge in [0, 0.05) is 122 Å². The molecule has 0 spiro atoms. The van der Waals surface area contributed by atoms with Gasteiger partial charge in [-0.15, -0.1) is 0 Å². The topological polar surface area (TPSA) is 237 Å². The number of nitrogens with one attached hydrogen (secondary N) is 2. The van der Waals surface area contributed by atoms with Gasteiger partial charge >= 0.3 is 7.82 Å². The van der Waals surface area contributed by atoms with Gasteiger partial charge in [0.05, 0.1) is 18.5 Å². The Labute approximate surface area is 444 Å². The predicted octanol–water partition coefficient (Wildman–Crippen LogP) is 5.09. The number of hydrogen-bond acceptors (Lipinski definition) is 14. The molecular weight excluding hydrogens is 994 g/mol. The van der Waals surface area contributed by atoms with Gasteiger partial charge in [0.25, 0.3) is 17.4 Å². The standard InChI is InChI=1S/C54H64N11O10P/c1-32-28-61(37-13-16-60(17-14-37)38-6-8-41-35(22-38)30-65(51(41)68)44-9-11-48(66)58-50(44)67)18-19-62(32)39-7-10-47(56-27-39)57-43-23-36(29-59(5)52(43)69)40-12-15-55-49(42(40)31-74-33(2)75-76(71,72)73)64-21-20-63-45(53(64)70)24-34-25-54(3,4)26-46(34)63/h6-8,10,12,15,22-24,27,29,32-33,37,44H,9,11,13-14,16-21,25-26,28,30-31H2,1-5H3,(H,56,57)(H,58,66,67)(H2,71,72,73)/t32-,33?,44-/m0/s1/i5D3. The maximum Gasteiger partial charge on any atom is 0.471 e. The minimum absolute atomic E-state index is 0.0734. The van der Waals surface area contributed by atoms with Gasteiger partial charge in [-0.1, -0.05) is 13.8 Å². The highest BCUT2D eigenvalue weighted by Crippen LogP contribution is 2.42. The first-order chi connectivity index (χ1) is 37.5. The van der Waals surface area contributed by atoms with Crippen molar-refractivity contribution in [1.82, 2.24) is 34.2 Å². The number of imide groups is 1. The molecule has 76 heavy (non-hydrogen) atoms. The second-order valence-corrected chi connectivity index (χ2v) is 22.8. The van der Waals surface area contributed by atoms with Crippen LogP contribution in [0.2, 0.25) is 0 Å². The zero-order chi connectivity index (χ0) is 55.9. The summed E-state index contributed by atoms with van der Waals surface area (Å²) in [6.45, 7) is 9.79. The first-order valence-corrected chi connectivity index (χ1v) is 27.4. The highest BCUT2D eigenvalue weighted by Gasteiger charge is 2.41. The quantitative estimate of drug-likeness (QED) is 0.0683. The van der Waals surface area contributed by atoms with E-state index in [0.717, 1.165) is 86.6 Å². The molecule has 1 aromatic carbocycles. The van der Waals surface area contributed by atoms with Crippen molar-refractivity contribution >= 4 is 60.1 Å². The van der Waals surface area contributed by atoms with E-state index >= 15 is 0 Å². The number of pyridine rings is 3. The molecule has 0 saturated carbocycles. The van der Waals surface area contributed by atoms with Crippen molar-refractivity contribution in [2.45, 2.75) is 110 Å². The lowest BCUT2D eigenvalue weighted by Gasteiger charge is -2.46. The number of aryl methyl sites for hydroxylation is 1. The minimum Gasteiger partial charge on any atom is -0.371 e. The number of piperazine rings is 1. The van der Waals surface area contributed by atoms with Crippen LogP contribution in [0.15, 0.2) is 71.9 Å². The Kier molecular flexibility index (Phi) is 12.5. The van der Waals surface area contributed by atoms with E-state index in [9.17, 15) is 38.3 Å². The van der Waals surface area contributed by atoms with Crippen LogP contribution in [0.4, 0.5) is 28.7 Å². The highest BCUT2D eigenvalue weighted by molar-refractivity contribution is 7.46. The normalized spacial score (nSPS) is 22.2. The number of hydrogen-bond donors (Lipinski definition) is 4. The molecular formula is C54H64N11O10P. The van der Waals surface area contributed by atoms with E-state index in [2.05, 4.69) is 66.7 Å². The number of carbonyl (C=O) groups is 4. The van der Waals surface area contributed by atoms with Gasteiger partial charge in [0.1, 0.15) is 29.1 Å². The molecule has 21 nitrogen and oxygen atoms in total. The number of piperidine rings is 2. The lowest BCUT2D eigenvalue weighted by Crippen LogP contribution is -2.57. The maximum absolute atomic E-state index is 14.4. The van der Waals surface area contributed by atoms with Crippen molar-refractivity contribution in [2.75, 3.05) is 59.3 Å². The molecule has 0 radical (unpaired) electrons. The SMILES string of the molecule is [2H]C([2H])([2H])n1cc(-c2ccnc(N3CCn4c(cc5c4CC(C)(C)C5)C3=O)c2COC(C)OP(=O)(O)O)cc(Nc2ccc(N3CCN(C4CCN(c5ccc6c(c5)CN([C@H]5CCC(=O)NC5=O)C6=O)CC4)C[C@@H]3C)cn2)c1=O. The van der Waals surface area contributed by atoms with E-state index in [1.807, 2.05) is 24.3 Å². The second-order valence-electron chi connectivity index (χ2n) is 21.6. The van der Waals surface area contributed by atoms with Crippen LogP contribution in [0.5, 0.6) is 0 Å². The summed E-state index contributed by atoms with van der Waals surface area (Å²) < 4.78 is 50.2. The zero-order valence-electron chi connectivity index (χ0n) is 45.9. The summed E-state index contributed by atoms with van der Waals surface area (Å²) in [5.41, 5.74) is 6.18. The molecule has 22 heteroatoms. The van der Waals surface area contributed by atoms with Crippen LogP contribution in [0.1, 0.15) is 101 Å². The van der Waals surface area contributed by atoms with Crippen LogP contribution in [-0.2, 0) is 62.9 Å². The molecule has 0 bridgehead atoms. The van der Waals surface area contributed by atoms with Crippen molar-refractivity contribution in [3.05, 3.63) is 111 Å². The number of phosphoric acid groups is 1. The average Bonchev–Trinajstić information content (AvgIpc) is 4.27. The predicted molar refractivity (Wildman–Crippen MR) is 283 cm³/mol. The fourth-order valence-corrected chi connectivity index (χ4v) is 12.6. The van der Waals surface area contributed by atoms with Crippen molar-refractivity contribution in [3.8, 4) is 11.1 Å². The molecule has 3 atom stereocenters. The fourth-order valence-electron chi connectivity index (χ4n) is 12.2. The monoisotopic (exact) mass is 1060 g/mol. The first kappa shape index (κ1) is 47.7. The smallest absolute Gasteiger partial charge is 0.371 e. The molecule has 5 aromatic rings. The zero-order valence-corrected chi connectivity index (χ0v) is 43.8. The Bertz CT molecular complexity index is 3370. The van der Waals surface area contributed by atoms with Gasteiger partial charge in [-0.05, 0) is 117 Å². The van der Waals surface area contributed by atoms with Crippen LogP contribution >= 0.6 is 7.82 Å². The Morgan fingerprint density at radius 2 is 1.70 bits per heavy atom. The number of ether oxygens (including phenoxy) is 1. The third-order valence-corrected chi connectivity index (χ3v) is 16.4. The number of fused-ring (bicyclic) bond motifs is 4. The van der Waals surface area contributed by atoms with Crippen LogP contribution < -0.4 is 30.9 Å². The first-order valence-electron chi connectivity index (χ1n) is 27.4. The van der Waals surface area contributed by atoms with Crippen LogP contribution in [0.25, 0.3) is 11.1 Å². The number of amides is 4. The summed E-state index contributed by atoms with van der Waals surface area (Å²) in [6, 6.07) is 14.4. The summed E-state index contributed by atoms with van der Waals surface area (Å²) in [4.78, 5) is 105. The molecule has 1 unspecified atom stereocenters. The lowest BCUT2D eigenvalue weighted by atomic mass is 9.90. The molecule has 5 aliphatic heterocycles. The third kappa shape index (κ3) is 10.1. The van der Waals surface area contributed by atoms with Gasteiger partial charge in [-0.25, -0.2) is 14.5 Å². The molecule has 4 amide bonds. The largest absolute Gasteiger partial charge is 0.471 e. The summed E-state index contributed by atoms with van der Waals surface area (Å²) in [6.07, 6.45) is 7.12. The molecule has 1 aliphatic carbocycles. The second kappa shape index (κ2) is 20.0. The fraction of sp³-hybridized carbons (Fsp3) is 0.463. The number of aromatic nitrogens is 4. The van der Waals surface area contributed by atoms with E-state index in [0.29, 0.717) is 46.9 Å². The third-order valence-electron chi connectivity index (χ3n) is 15.8. The number of rotatable bonds is 13. The van der Waals surface area contributed by atoms with Crippen molar-refractivity contribution in [1.29, 1.82) is 0 Å². The number of nitrogens with zero attached hydrogens (tertiary/aromatic N) is 9. The van der Waals surface area contributed by atoms with Gasteiger partial charge in [0.15, 0.2) is 6.29 Å². The molecule has 11 rings (SSSR count). The lowest BCUT2D eigenvalue weighted by molar-refractivity contribution is -0.136. The van der Waals surface area contributed by atoms with Crippen molar-refractivity contribution in [3.63, 3.8) is 0 Å². The number of anilines is 5. The van der Waals surface area contributed by atoms with E-state index in [1.165, 1.54) is 30.3 Å². The minimum atomic E-state index is -4.97. The highest BCUT2D eigenvalue weighted by atomic mass is 31.2. The summed E-state index contributed by atoms with van der Waals surface area (Å²) in [5.74, 6) is -0.748. The molecule has 6 aliphatic rings. The van der Waals surface area contributed by atoms with Gasteiger partial charge in [-0.2, -0.15) is 0 Å². The molecule has 3 fully saturated rings. The van der Waals surface area contributed by atoms with E-state index in [-0.39, 0.29) is 77.2 Å². The Hall–Kier alpha value is -6.74. The number of carbonyl (C=O) groups excluding carboxylic acids is 4. The van der Waals surface area contributed by atoms with Crippen LogP contribution in [0.3, 0.4) is 0 Å². The Balaban J connectivity index is 0.774. The van der Waals surface area contributed by atoms with Gasteiger partial charge in [0.2, 0.25) is 11.8 Å². The molecule has 4 aromatic heterocycles. The number of phosphoric ester groups is 1. The van der Waals surface area contributed by atoms with E-state index in [4.69, 9.17) is 13.4 Å². The summed E-state index contributed by atoms with van der Waals surface area (Å²) >= 11 is 0. The maximum atomic E-state index is 14.4. The van der Waals surface area contributed by atoms with Crippen LogP contribution in [-0.4, -0.2) is 126 Å².